The minimum atomic E-state index is -1.20. The van der Waals surface area contributed by atoms with Crippen LogP contribution in [0.2, 0.25) is 5.15 Å². The Balaban J connectivity index is 2.37. The van der Waals surface area contributed by atoms with Crippen LogP contribution in [0.3, 0.4) is 0 Å². The number of nitrogens with zero attached hydrogens (tertiary/aromatic N) is 1. The highest BCUT2D eigenvalue weighted by atomic mass is 35.5. The van der Waals surface area contributed by atoms with Crippen molar-refractivity contribution in [2.75, 3.05) is 0 Å². The van der Waals surface area contributed by atoms with E-state index in [0.29, 0.717) is 0 Å². The fraction of sp³-hybridized carbons (Fsp3) is 0.231. The molecule has 0 bridgehead atoms. The van der Waals surface area contributed by atoms with Crippen LogP contribution in [0.4, 0.5) is 8.78 Å². The van der Waals surface area contributed by atoms with E-state index in [-0.39, 0.29) is 12.2 Å². The monoisotopic (exact) mass is 300 g/mol. The molecular weight excluding hydrogens is 290 g/mol. The van der Waals surface area contributed by atoms with Gasteiger partial charge >= 0.3 is 5.69 Å². The van der Waals surface area contributed by atoms with Crippen molar-refractivity contribution in [1.29, 1.82) is 0 Å². The second kappa shape index (κ2) is 5.58. The smallest absolute Gasteiger partial charge is 0.295 e. The zero-order valence-corrected chi connectivity index (χ0v) is 11.2. The van der Waals surface area contributed by atoms with Crippen molar-refractivity contribution in [3.8, 4) is 0 Å². The van der Waals surface area contributed by atoms with Gasteiger partial charge in [-0.3, -0.25) is 14.3 Å². The van der Waals surface area contributed by atoms with Crippen LogP contribution in [-0.2, 0) is 6.42 Å². The molecule has 0 aliphatic rings. The average molecular weight is 301 g/mol. The summed E-state index contributed by atoms with van der Waals surface area (Å²) < 4.78 is 27.0. The third-order valence-corrected chi connectivity index (χ3v) is 3.18. The summed E-state index contributed by atoms with van der Waals surface area (Å²) in [5, 5.41) is -0.606. The summed E-state index contributed by atoms with van der Waals surface area (Å²) in [5.74, 6) is -1.58. The lowest BCUT2D eigenvalue weighted by atomic mass is 10.1. The number of aromatic amines is 1. The van der Waals surface area contributed by atoms with Crippen LogP contribution in [0.15, 0.2) is 33.9 Å². The van der Waals surface area contributed by atoms with Crippen molar-refractivity contribution in [3.63, 3.8) is 0 Å². The molecule has 0 saturated carbocycles. The minimum absolute atomic E-state index is 0.282. The van der Waals surface area contributed by atoms with Crippen LogP contribution in [0.5, 0.6) is 0 Å². The van der Waals surface area contributed by atoms with Crippen molar-refractivity contribution in [3.05, 3.63) is 67.5 Å². The number of H-pyrrole nitrogens is 1. The van der Waals surface area contributed by atoms with E-state index in [9.17, 15) is 18.4 Å². The zero-order chi connectivity index (χ0) is 14.9. The molecule has 106 valence electrons. The van der Waals surface area contributed by atoms with E-state index in [4.69, 9.17) is 11.6 Å². The number of nitrogens with one attached hydrogen (secondary N) is 1. The number of halogens is 3. The van der Waals surface area contributed by atoms with Crippen LogP contribution in [0.1, 0.15) is 18.5 Å². The first kappa shape index (κ1) is 14.5. The molecule has 1 aromatic carbocycles. The first-order valence-electron chi connectivity index (χ1n) is 5.84. The summed E-state index contributed by atoms with van der Waals surface area (Å²) in [5.41, 5.74) is -1.13. The molecule has 1 unspecified atom stereocenters. The molecule has 1 atom stereocenters. The molecule has 2 rings (SSSR count). The van der Waals surface area contributed by atoms with Gasteiger partial charge in [0.2, 0.25) is 5.82 Å². The summed E-state index contributed by atoms with van der Waals surface area (Å²) in [4.78, 5) is 25.5. The van der Waals surface area contributed by atoms with Gasteiger partial charge in [0.15, 0.2) is 5.15 Å². The molecule has 4 nitrogen and oxygen atoms in total. The van der Waals surface area contributed by atoms with Crippen LogP contribution in [-0.4, -0.2) is 9.55 Å². The van der Waals surface area contributed by atoms with Gasteiger partial charge in [-0.2, -0.15) is 4.39 Å². The molecule has 0 amide bonds. The summed E-state index contributed by atoms with van der Waals surface area (Å²) in [6, 6.07) is 5.03. The standard InChI is InChI=1S/C13H11ClF2N2O2/c1-7(6-8-2-4-9(15)5-3-8)18-12(19)10(16)11(14)17-13(18)20/h2-5,7H,6H2,1H3,(H,17,20). The van der Waals surface area contributed by atoms with E-state index in [0.717, 1.165) is 10.1 Å². The van der Waals surface area contributed by atoms with Crippen LogP contribution in [0.25, 0.3) is 0 Å². The van der Waals surface area contributed by atoms with E-state index < -0.39 is 28.3 Å². The Bertz CT molecular complexity index is 738. The highest BCUT2D eigenvalue weighted by Gasteiger charge is 2.17. The molecule has 0 aliphatic heterocycles. The second-order valence-corrected chi connectivity index (χ2v) is 4.79. The van der Waals surface area contributed by atoms with Gasteiger partial charge in [0.05, 0.1) is 0 Å². The Kier molecular flexibility index (Phi) is 4.04. The lowest BCUT2D eigenvalue weighted by molar-refractivity contribution is 0.468. The third-order valence-electron chi connectivity index (χ3n) is 2.92. The van der Waals surface area contributed by atoms with Gasteiger partial charge in [0.1, 0.15) is 5.82 Å². The lowest BCUT2D eigenvalue weighted by Crippen LogP contribution is -2.39. The Labute approximate surface area is 117 Å². The Morgan fingerprint density at radius 1 is 1.25 bits per heavy atom. The second-order valence-electron chi connectivity index (χ2n) is 4.41. The van der Waals surface area contributed by atoms with E-state index >= 15 is 0 Å². The number of rotatable bonds is 3. The van der Waals surface area contributed by atoms with E-state index in [1.165, 1.54) is 24.3 Å². The quantitative estimate of drug-likeness (QED) is 0.884. The number of benzene rings is 1. The largest absolute Gasteiger partial charge is 0.329 e. The summed E-state index contributed by atoms with van der Waals surface area (Å²) >= 11 is 5.39. The number of hydrogen-bond acceptors (Lipinski definition) is 2. The van der Waals surface area contributed by atoms with E-state index in [1.54, 1.807) is 6.92 Å². The SMILES string of the molecule is CC(Cc1ccc(F)cc1)n1c(=O)[nH]c(Cl)c(F)c1=O. The van der Waals surface area contributed by atoms with Gasteiger partial charge in [0, 0.05) is 6.04 Å². The van der Waals surface area contributed by atoms with Crippen LogP contribution < -0.4 is 11.2 Å². The Morgan fingerprint density at radius 3 is 2.45 bits per heavy atom. The van der Waals surface area contributed by atoms with Crippen molar-refractivity contribution in [2.45, 2.75) is 19.4 Å². The van der Waals surface area contributed by atoms with Crippen LogP contribution in [0, 0.1) is 11.6 Å². The fourth-order valence-electron chi connectivity index (χ4n) is 1.95. The van der Waals surface area contributed by atoms with Gasteiger partial charge in [-0.05, 0) is 31.0 Å². The molecule has 1 heterocycles. The lowest BCUT2D eigenvalue weighted by Gasteiger charge is -2.14. The molecule has 0 spiro atoms. The molecule has 1 N–H and O–H groups in total. The summed E-state index contributed by atoms with van der Waals surface area (Å²) in [7, 11) is 0. The summed E-state index contributed by atoms with van der Waals surface area (Å²) in [6.07, 6.45) is 0.282. The van der Waals surface area contributed by atoms with Crippen molar-refractivity contribution >= 4 is 11.6 Å². The van der Waals surface area contributed by atoms with Crippen LogP contribution >= 0.6 is 11.6 Å². The first-order valence-corrected chi connectivity index (χ1v) is 6.22. The maximum atomic E-state index is 13.4. The molecule has 1 aromatic heterocycles. The van der Waals surface area contributed by atoms with Gasteiger partial charge in [-0.25, -0.2) is 9.18 Å². The van der Waals surface area contributed by atoms with Crippen molar-refractivity contribution < 1.29 is 8.78 Å². The molecule has 2 aromatic rings. The molecule has 20 heavy (non-hydrogen) atoms. The van der Waals surface area contributed by atoms with Gasteiger partial charge in [-0.1, -0.05) is 23.7 Å². The van der Waals surface area contributed by atoms with Crippen molar-refractivity contribution in [1.82, 2.24) is 9.55 Å². The maximum Gasteiger partial charge on any atom is 0.329 e. The first-order chi connectivity index (χ1) is 9.40. The molecule has 0 aliphatic carbocycles. The zero-order valence-electron chi connectivity index (χ0n) is 10.5. The average Bonchev–Trinajstić information content (AvgIpc) is 2.39. The highest BCUT2D eigenvalue weighted by Crippen LogP contribution is 2.12. The third kappa shape index (κ3) is 2.80. The Morgan fingerprint density at radius 2 is 1.85 bits per heavy atom. The predicted molar refractivity (Wildman–Crippen MR) is 71.1 cm³/mol. The molecular formula is C13H11ClF2N2O2. The highest BCUT2D eigenvalue weighted by molar-refractivity contribution is 6.29. The van der Waals surface area contributed by atoms with Gasteiger partial charge in [-0.15, -0.1) is 0 Å². The summed E-state index contributed by atoms with van der Waals surface area (Å²) in [6.45, 7) is 1.59. The van der Waals surface area contributed by atoms with E-state index in [2.05, 4.69) is 4.98 Å². The molecule has 0 radical (unpaired) electrons. The topological polar surface area (TPSA) is 54.9 Å². The fourth-order valence-corrected chi connectivity index (χ4v) is 2.12. The Hall–Kier alpha value is -1.95. The van der Waals surface area contributed by atoms with E-state index in [1.807, 2.05) is 0 Å². The van der Waals surface area contributed by atoms with Gasteiger partial charge < -0.3 is 0 Å². The molecule has 0 fully saturated rings. The van der Waals surface area contributed by atoms with Gasteiger partial charge in [0.25, 0.3) is 5.56 Å². The molecule has 0 saturated heterocycles. The normalized spacial score (nSPS) is 12.4. The maximum absolute atomic E-state index is 13.4. The predicted octanol–water partition coefficient (Wildman–Crippen LogP) is 2.27. The van der Waals surface area contributed by atoms with Crippen molar-refractivity contribution in [2.24, 2.45) is 0 Å². The minimum Gasteiger partial charge on any atom is -0.295 e. The molecule has 7 heteroatoms. The number of aromatic nitrogens is 2. The number of hydrogen-bond donors (Lipinski definition) is 1.